The van der Waals surface area contributed by atoms with Crippen molar-refractivity contribution in [3.8, 4) is 0 Å². The zero-order chi connectivity index (χ0) is 15.4. The summed E-state index contributed by atoms with van der Waals surface area (Å²) in [5.74, 6) is 3.75. The Labute approximate surface area is 136 Å². The van der Waals surface area contributed by atoms with Crippen LogP contribution in [0.15, 0.2) is 0 Å². The van der Waals surface area contributed by atoms with Gasteiger partial charge in [0.2, 0.25) is 0 Å². The maximum atomic E-state index is 6.13. The number of thioether (sulfide) groups is 1. The van der Waals surface area contributed by atoms with Crippen molar-refractivity contribution in [3.05, 3.63) is 11.5 Å². The molecule has 0 amide bonds. The van der Waals surface area contributed by atoms with Crippen molar-refractivity contribution in [2.75, 3.05) is 11.5 Å². The van der Waals surface area contributed by atoms with Crippen LogP contribution in [0.25, 0.3) is 11.2 Å². The Morgan fingerprint density at radius 2 is 2.10 bits per heavy atom. The van der Waals surface area contributed by atoms with Crippen molar-refractivity contribution in [1.82, 2.24) is 19.3 Å². The summed E-state index contributed by atoms with van der Waals surface area (Å²) < 4.78 is 4.25. The van der Waals surface area contributed by atoms with Gasteiger partial charge in [-0.15, -0.1) is 11.6 Å². The second-order valence-corrected chi connectivity index (χ2v) is 7.02. The summed E-state index contributed by atoms with van der Waals surface area (Å²) in [5.41, 5.74) is 3.24. The predicted molar refractivity (Wildman–Crippen MR) is 92.4 cm³/mol. The van der Waals surface area contributed by atoms with Gasteiger partial charge in [0, 0.05) is 13.1 Å². The number of halogens is 1. The highest BCUT2D eigenvalue weighted by atomic mass is 35.5. The number of hydrogen-bond acceptors (Lipinski definition) is 3. The van der Waals surface area contributed by atoms with Crippen LogP contribution < -0.4 is 0 Å². The van der Waals surface area contributed by atoms with Crippen LogP contribution in [0.3, 0.4) is 0 Å². The summed E-state index contributed by atoms with van der Waals surface area (Å²) in [5, 5.41) is 4.64. The maximum Gasteiger partial charge on any atom is 0.158 e. The largest absolute Gasteiger partial charge is 0.309 e. The monoisotopic (exact) mass is 328 g/mol. The highest BCUT2D eigenvalue weighted by Crippen LogP contribution is 2.27. The molecule has 0 aromatic carbocycles. The van der Waals surface area contributed by atoms with E-state index in [2.05, 4.69) is 30.4 Å². The molecule has 118 valence electrons. The molecule has 1 unspecified atom stereocenters. The van der Waals surface area contributed by atoms with Crippen LogP contribution in [0.1, 0.15) is 51.2 Å². The fourth-order valence-corrected chi connectivity index (χ4v) is 3.72. The minimum atomic E-state index is 0.396. The molecule has 1 atom stereocenters. The molecule has 6 heteroatoms. The quantitative estimate of drug-likeness (QED) is 0.539. The van der Waals surface area contributed by atoms with E-state index < -0.39 is 0 Å². The lowest BCUT2D eigenvalue weighted by atomic mass is 10.2. The maximum absolute atomic E-state index is 6.13. The predicted octanol–water partition coefficient (Wildman–Crippen LogP) is 4.17. The van der Waals surface area contributed by atoms with E-state index in [1.54, 1.807) is 0 Å². The van der Waals surface area contributed by atoms with Crippen LogP contribution in [-0.4, -0.2) is 30.8 Å². The molecule has 0 bridgehead atoms. The second-order valence-electron chi connectivity index (χ2n) is 5.36. The van der Waals surface area contributed by atoms with Crippen molar-refractivity contribution >= 4 is 34.5 Å². The van der Waals surface area contributed by atoms with Crippen molar-refractivity contribution in [2.24, 2.45) is 7.05 Å². The van der Waals surface area contributed by atoms with Gasteiger partial charge in [-0.1, -0.05) is 20.3 Å². The standard InChI is InChI=1S/C15H25ClN4S/c1-5-7-12-14-15(19(4)18-12)20(13(10-16)17-14)11(3)8-9-21-6-2/h11H,5-10H2,1-4H3. The zero-order valence-corrected chi connectivity index (χ0v) is 15.0. The number of nitrogens with zero attached hydrogens (tertiary/aromatic N) is 4. The van der Waals surface area contributed by atoms with Gasteiger partial charge in [-0.2, -0.15) is 16.9 Å². The third-order valence-electron chi connectivity index (χ3n) is 3.74. The molecule has 0 fully saturated rings. The third-order valence-corrected chi connectivity index (χ3v) is 4.91. The molecule has 0 aliphatic heterocycles. The summed E-state index contributed by atoms with van der Waals surface area (Å²) >= 11 is 8.11. The van der Waals surface area contributed by atoms with Crippen molar-refractivity contribution in [2.45, 2.75) is 52.0 Å². The van der Waals surface area contributed by atoms with Gasteiger partial charge >= 0.3 is 0 Å². The van der Waals surface area contributed by atoms with Crippen molar-refractivity contribution < 1.29 is 0 Å². The molecule has 0 aliphatic rings. The number of rotatable bonds is 8. The second kappa shape index (κ2) is 7.54. The van der Waals surface area contributed by atoms with E-state index in [4.69, 9.17) is 16.6 Å². The molecule has 4 nitrogen and oxygen atoms in total. The summed E-state index contributed by atoms with van der Waals surface area (Å²) in [6.07, 6.45) is 3.18. The van der Waals surface area contributed by atoms with Gasteiger partial charge in [-0.05, 0) is 31.3 Å². The first-order valence-electron chi connectivity index (χ1n) is 7.70. The number of alkyl halides is 1. The minimum Gasteiger partial charge on any atom is -0.309 e. The van der Waals surface area contributed by atoms with Gasteiger partial charge in [-0.3, -0.25) is 4.68 Å². The molecule has 0 N–H and O–H groups in total. The molecule has 0 saturated carbocycles. The van der Waals surface area contributed by atoms with Crippen LogP contribution in [0.5, 0.6) is 0 Å². The first kappa shape index (κ1) is 16.7. The lowest BCUT2D eigenvalue weighted by molar-refractivity contribution is 0.520. The molecule has 21 heavy (non-hydrogen) atoms. The summed E-state index contributed by atoms with van der Waals surface area (Å²) in [7, 11) is 2.01. The highest BCUT2D eigenvalue weighted by Gasteiger charge is 2.21. The number of fused-ring (bicyclic) bond motifs is 1. The lowest BCUT2D eigenvalue weighted by Gasteiger charge is -2.16. The smallest absolute Gasteiger partial charge is 0.158 e. The highest BCUT2D eigenvalue weighted by molar-refractivity contribution is 7.99. The summed E-state index contributed by atoms with van der Waals surface area (Å²) in [4.78, 5) is 4.76. The molecule has 2 aromatic rings. The average molecular weight is 329 g/mol. The molecular formula is C15H25ClN4S. The Morgan fingerprint density at radius 3 is 2.71 bits per heavy atom. The van der Waals surface area contributed by atoms with Crippen molar-refractivity contribution in [1.29, 1.82) is 0 Å². The first-order valence-corrected chi connectivity index (χ1v) is 9.39. The van der Waals surface area contributed by atoms with Gasteiger partial charge < -0.3 is 4.57 Å². The zero-order valence-electron chi connectivity index (χ0n) is 13.4. The molecular weight excluding hydrogens is 304 g/mol. The van der Waals surface area contributed by atoms with E-state index >= 15 is 0 Å². The van der Waals surface area contributed by atoms with Crippen LogP contribution in [0.2, 0.25) is 0 Å². The van der Waals surface area contributed by atoms with E-state index in [0.717, 1.165) is 41.9 Å². The molecule has 2 rings (SSSR count). The number of aryl methyl sites for hydroxylation is 2. The van der Waals surface area contributed by atoms with Crippen LogP contribution in [0, 0.1) is 0 Å². The van der Waals surface area contributed by atoms with Gasteiger partial charge in [0.05, 0.1) is 11.6 Å². The van der Waals surface area contributed by atoms with Gasteiger partial charge in [0.25, 0.3) is 0 Å². The average Bonchev–Trinajstić information content (AvgIpc) is 2.98. The van der Waals surface area contributed by atoms with E-state index in [0.29, 0.717) is 11.9 Å². The molecule has 2 heterocycles. The Hall–Kier alpha value is -0.680. The molecule has 0 saturated heterocycles. The normalized spacial score (nSPS) is 13.2. The van der Waals surface area contributed by atoms with E-state index in [-0.39, 0.29) is 0 Å². The van der Waals surface area contributed by atoms with Crippen LogP contribution >= 0.6 is 23.4 Å². The Morgan fingerprint density at radius 1 is 1.33 bits per heavy atom. The number of hydrogen-bond donors (Lipinski definition) is 0. The molecule has 0 radical (unpaired) electrons. The summed E-state index contributed by atoms with van der Waals surface area (Å²) in [6.45, 7) is 6.62. The molecule has 2 aromatic heterocycles. The fourth-order valence-electron chi connectivity index (χ4n) is 2.74. The first-order chi connectivity index (χ1) is 10.1. The fraction of sp³-hybridized carbons (Fsp3) is 0.733. The SMILES string of the molecule is CCCc1nn(C)c2c1nc(CCl)n2C(C)CCSCC. The Bertz CT molecular complexity index is 590. The summed E-state index contributed by atoms with van der Waals surface area (Å²) in [6, 6.07) is 0.396. The van der Waals surface area contributed by atoms with Gasteiger partial charge in [0.1, 0.15) is 11.3 Å². The van der Waals surface area contributed by atoms with Crippen molar-refractivity contribution in [3.63, 3.8) is 0 Å². The lowest BCUT2D eigenvalue weighted by Crippen LogP contribution is -2.12. The van der Waals surface area contributed by atoms with E-state index in [9.17, 15) is 0 Å². The third kappa shape index (κ3) is 3.39. The van der Waals surface area contributed by atoms with Gasteiger partial charge in [-0.25, -0.2) is 4.98 Å². The van der Waals surface area contributed by atoms with E-state index in [1.165, 1.54) is 11.5 Å². The van der Waals surface area contributed by atoms with E-state index in [1.807, 2.05) is 23.5 Å². The topological polar surface area (TPSA) is 35.6 Å². The van der Waals surface area contributed by atoms with Crippen LogP contribution in [0.4, 0.5) is 0 Å². The van der Waals surface area contributed by atoms with Crippen LogP contribution in [-0.2, 0) is 19.3 Å². The Kier molecular flexibility index (Phi) is 5.99. The molecule has 0 spiro atoms. The molecule has 0 aliphatic carbocycles. The number of aromatic nitrogens is 4. The Balaban J connectivity index is 2.40. The minimum absolute atomic E-state index is 0.396. The van der Waals surface area contributed by atoms with Gasteiger partial charge in [0.15, 0.2) is 5.65 Å². The number of imidazole rings is 1.